The van der Waals surface area contributed by atoms with Crippen molar-refractivity contribution >= 4 is 5.78 Å². The molecule has 0 unspecified atom stereocenters. The Morgan fingerprint density at radius 1 is 1.00 bits per heavy atom. The van der Waals surface area contributed by atoms with Crippen LogP contribution in [0.4, 0.5) is 13.2 Å². The number of hydrogen-bond acceptors (Lipinski definition) is 2. The number of fused-ring (bicyclic) bond motifs is 1. The van der Waals surface area contributed by atoms with Gasteiger partial charge in [-0.25, -0.2) is 13.2 Å². The van der Waals surface area contributed by atoms with E-state index in [1.54, 1.807) is 12.1 Å². The first kappa shape index (κ1) is 13.8. The molecule has 0 aromatic heterocycles. The standard InChI is InChI=1S/C16H12F3NO/c17-13-4-3-12(14(18)15(13)19)16(21)10-2-1-9-5-6-20-8-11(9)7-10/h1-4,7,20H,5-6,8H2. The molecule has 5 heteroatoms. The average Bonchev–Trinajstić information content (AvgIpc) is 2.52. The van der Waals surface area contributed by atoms with E-state index in [2.05, 4.69) is 5.32 Å². The molecule has 1 aliphatic heterocycles. The summed E-state index contributed by atoms with van der Waals surface area (Å²) >= 11 is 0. The highest BCUT2D eigenvalue weighted by Gasteiger charge is 2.21. The summed E-state index contributed by atoms with van der Waals surface area (Å²) in [5.74, 6) is -5.03. The lowest BCUT2D eigenvalue weighted by atomic mass is 9.95. The van der Waals surface area contributed by atoms with Gasteiger partial charge >= 0.3 is 0 Å². The van der Waals surface area contributed by atoms with E-state index in [-0.39, 0.29) is 5.56 Å². The molecular formula is C16H12F3NO. The second-order valence-corrected chi connectivity index (χ2v) is 4.96. The predicted molar refractivity (Wildman–Crippen MR) is 71.6 cm³/mol. The first-order chi connectivity index (χ1) is 10.1. The molecule has 0 atom stereocenters. The number of ketones is 1. The van der Waals surface area contributed by atoms with Crippen LogP contribution in [0.2, 0.25) is 0 Å². The van der Waals surface area contributed by atoms with Crippen LogP contribution in [0.15, 0.2) is 30.3 Å². The monoisotopic (exact) mass is 291 g/mol. The van der Waals surface area contributed by atoms with Crippen molar-refractivity contribution in [1.82, 2.24) is 5.32 Å². The van der Waals surface area contributed by atoms with Gasteiger partial charge in [0.25, 0.3) is 0 Å². The molecule has 0 saturated heterocycles. The Morgan fingerprint density at radius 2 is 1.81 bits per heavy atom. The van der Waals surface area contributed by atoms with Gasteiger partial charge in [-0.05, 0) is 42.3 Å². The topological polar surface area (TPSA) is 29.1 Å². The van der Waals surface area contributed by atoms with Crippen molar-refractivity contribution in [2.45, 2.75) is 13.0 Å². The summed E-state index contributed by atoms with van der Waals surface area (Å²) in [4.78, 5) is 12.3. The van der Waals surface area contributed by atoms with Crippen LogP contribution >= 0.6 is 0 Å². The van der Waals surface area contributed by atoms with Gasteiger partial charge < -0.3 is 5.32 Å². The molecule has 0 radical (unpaired) electrons. The molecular weight excluding hydrogens is 279 g/mol. The summed E-state index contributed by atoms with van der Waals surface area (Å²) in [5, 5.41) is 3.18. The second kappa shape index (κ2) is 5.33. The van der Waals surface area contributed by atoms with Gasteiger partial charge in [0.1, 0.15) is 0 Å². The number of hydrogen-bond donors (Lipinski definition) is 1. The van der Waals surface area contributed by atoms with Gasteiger partial charge in [0.05, 0.1) is 5.56 Å². The average molecular weight is 291 g/mol. The normalized spacial score (nSPS) is 13.9. The van der Waals surface area contributed by atoms with Gasteiger partial charge in [-0.1, -0.05) is 12.1 Å². The molecule has 1 aliphatic rings. The van der Waals surface area contributed by atoms with Crippen LogP contribution in [0.25, 0.3) is 0 Å². The lowest BCUT2D eigenvalue weighted by Crippen LogP contribution is -2.24. The van der Waals surface area contributed by atoms with Crippen LogP contribution in [-0.2, 0) is 13.0 Å². The molecule has 0 amide bonds. The minimum Gasteiger partial charge on any atom is -0.312 e. The minimum atomic E-state index is -1.62. The molecule has 0 spiro atoms. The van der Waals surface area contributed by atoms with Crippen LogP contribution in [0, 0.1) is 17.5 Å². The van der Waals surface area contributed by atoms with Gasteiger partial charge in [0.2, 0.25) is 0 Å². The van der Waals surface area contributed by atoms with E-state index in [1.807, 2.05) is 6.07 Å². The van der Waals surface area contributed by atoms with Gasteiger partial charge in [-0.3, -0.25) is 4.79 Å². The molecule has 0 bridgehead atoms. The van der Waals surface area contributed by atoms with Gasteiger partial charge in [0.15, 0.2) is 23.2 Å². The summed E-state index contributed by atoms with van der Waals surface area (Å²) < 4.78 is 39.8. The van der Waals surface area contributed by atoms with E-state index in [0.29, 0.717) is 6.54 Å². The zero-order chi connectivity index (χ0) is 15.0. The van der Waals surface area contributed by atoms with E-state index in [9.17, 15) is 18.0 Å². The zero-order valence-electron chi connectivity index (χ0n) is 11.1. The summed E-state index contributed by atoms with van der Waals surface area (Å²) in [6.07, 6.45) is 0.864. The Hall–Kier alpha value is -2.14. The van der Waals surface area contributed by atoms with Crippen molar-refractivity contribution in [3.05, 3.63) is 70.0 Å². The Morgan fingerprint density at radius 3 is 2.62 bits per heavy atom. The second-order valence-electron chi connectivity index (χ2n) is 4.96. The lowest BCUT2D eigenvalue weighted by Gasteiger charge is -2.17. The van der Waals surface area contributed by atoms with E-state index in [1.165, 1.54) is 0 Å². The number of carbonyl (C=O) groups is 1. The highest BCUT2D eigenvalue weighted by atomic mass is 19.2. The summed E-state index contributed by atoms with van der Waals surface area (Å²) in [6, 6.07) is 6.80. The molecule has 0 fully saturated rings. The summed E-state index contributed by atoms with van der Waals surface area (Å²) in [5.41, 5.74) is 1.91. The van der Waals surface area contributed by atoms with Gasteiger partial charge in [0, 0.05) is 12.1 Å². The van der Waals surface area contributed by atoms with Crippen LogP contribution in [0.5, 0.6) is 0 Å². The summed E-state index contributed by atoms with van der Waals surface area (Å²) in [7, 11) is 0. The Balaban J connectivity index is 2.01. The molecule has 1 heterocycles. The van der Waals surface area contributed by atoms with E-state index >= 15 is 0 Å². The maximum Gasteiger partial charge on any atom is 0.196 e. The third kappa shape index (κ3) is 2.45. The smallest absolute Gasteiger partial charge is 0.196 e. The number of halogens is 3. The first-order valence-electron chi connectivity index (χ1n) is 6.58. The largest absolute Gasteiger partial charge is 0.312 e. The number of rotatable bonds is 2. The van der Waals surface area contributed by atoms with Crippen LogP contribution in [-0.4, -0.2) is 12.3 Å². The highest BCUT2D eigenvalue weighted by Crippen LogP contribution is 2.21. The predicted octanol–water partition coefficient (Wildman–Crippen LogP) is 2.98. The minimum absolute atomic E-state index is 0.266. The SMILES string of the molecule is O=C(c1ccc2c(c1)CNCC2)c1ccc(F)c(F)c1F. The van der Waals surface area contributed by atoms with Crippen molar-refractivity contribution < 1.29 is 18.0 Å². The molecule has 0 aliphatic carbocycles. The van der Waals surface area contributed by atoms with E-state index < -0.39 is 28.8 Å². The third-order valence-electron chi connectivity index (χ3n) is 3.63. The zero-order valence-corrected chi connectivity index (χ0v) is 11.1. The molecule has 0 saturated carbocycles. The molecule has 1 N–H and O–H groups in total. The fraction of sp³-hybridized carbons (Fsp3) is 0.188. The lowest BCUT2D eigenvalue weighted by molar-refractivity contribution is 0.103. The van der Waals surface area contributed by atoms with E-state index in [0.717, 1.165) is 36.2 Å². The number of nitrogens with one attached hydrogen (secondary N) is 1. The van der Waals surface area contributed by atoms with Crippen LogP contribution in [0.1, 0.15) is 27.0 Å². The van der Waals surface area contributed by atoms with Crippen LogP contribution in [0.3, 0.4) is 0 Å². The Labute approximate surface area is 119 Å². The Bertz CT molecular complexity index is 728. The molecule has 2 aromatic carbocycles. The highest BCUT2D eigenvalue weighted by molar-refractivity contribution is 6.09. The maximum absolute atomic E-state index is 13.7. The maximum atomic E-state index is 13.7. The fourth-order valence-electron chi connectivity index (χ4n) is 2.48. The Kier molecular flexibility index (Phi) is 3.51. The van der Waals surface area contributed by atoms with Crippen molar-refractivity contribution in [1.29, 1.82) is 0 Å². The van der Waals surface area contributed by atoms with Gasteiger partial charge in [-0.2, -0.15) is 0 Å². The van der Waals surface area contributed by atoms with Crippen molar-refractivity contribution in [3.8, 4) is 0 Å². The quantitative estimate of drug-likeness (QED) is 0.681. The van der Waals surface area contributed by atoms with Crippen molar-refractivity contribution in [3.63, 3.8) is 0 Å². The van der Waals surface area contributed by atoms with E-state index in [4.69, 9.17) is 0 Å². The molecule has 3 rings (SSSR count). The number of carbonyl (C=O) groups excluding carboxylic acids is 1. The summed E-state index contributed by atoms with van der Waals surface area (Å²) in [6.45, 7) is 1.51. The third-order valence-corrected chi connectivity index (χ3v) is 3.63. The van der Waals surface area contributed by atoms with Crippen molar-refractivity contribution in [2.75, 3.05) is 6.54 Å². The molecule has 2 nitrogen and oxygen atoms in total. The van der Waals surface area contributed by atoms with Crippen molar-refractivity contribution in [2.24, 2.45) is 0 Å². The first-order valence-corrected chi connectivity index (χ1v) is 6.58. The molecule has 108 valence electrons. The number of benzene rings is 2. The van der Waals surface area contributed by atoms with Crippen LogP contribution < -0.4 is 5.32 Å². The molecule has 2 aromatic rings. The fourth-order valence-corrected chi connectivity index (χ4v) is 2.48. The molecule has 21 heavy (non-hydrogen) atoms. The van der Waals surface area contributed by atoms with Gasteiger partial charge in [-0.15, -0.1) is 0 Å².